The number of hydrogen-bond donors (Lipinski definition) is 2. The average Bonchev–Trinajstić information content (AvgIpc) is 2.75. The minimum Gasteiger partial charge on any atom is -0.492 e. The van der Waals surface area contributed by atoms with Crippen molar-refractivity contribution in [3.8, 4) is 5.75 Å². The molecule has 0 bridgehead atoms. The monoisotopic (exact) mass is 528 g/mol. The Morgan fingerprint density at radius 3 is 2.60 bits per heavy atom. The normalized spacial score (nSPS) is 14.7. The molecule has 0 saturated carbocycles. The summed E-state index contributed by atoms with van der Waals surface area (Å²) in [6.45, 7) is 6.12. The first-order valence-corrected chi connectivity index (χ1v) is 9.94. The summed E-state index contributed by atoms with van der Waals surface area (Å²) in [5, 5.41) is 6.57. The van der Waals surface area contributed by atoms with Crippen molar-refractivity contribution in [1.29, 1.82) is 0 Å². The highest BCUT2D eigenvalue weighted by atomic mass is 127. The van der Waals surface area contributed by atoms with Crippen molar-refractivity contribution in [2.75, 3.05) is 46.5 Å². The van der Waals surface area contributed by atoms with Crippen LogP contribution in [-0.2, 0) is 17.8 Å². The number of morpholine rings is 1. The molecule has 2 aromatic carbocycles. The molecule has 0 unspecified atom stereocenters. The molecule has 1 fully saturated rings. The quantitative estimate of drug-likeness (QED) is 0.239. The highest BCUT2D eigenvalue weighted by molar-refractivity contribution is 14.0. The van der Waals surface area contributed by atoms with Crippen molar-refractivity contribution in [1.82, 2.24) is 15.5 Å². The Morgan fingerprint density at radius 2 is 1.87 bits per heavy atom. The van der Waals surface area contributed by atoms with Crippen LogP contribution in [-0.4, -0.2) is 57.4 Å². The van der Waals surface area contributed by atoms with Gasteiger partial charge in [0, 0.05) is 39.3 Å². The van der Waals surface area contributed by atoms with Crippen LogP contribution in [0.25, 0.3) is 0 Å². The molecule has 3 rings (SSSR count). The minimum atomic E-state index is -0.302. The van der Waals surface area contributed by atoms with Crippen molar-refractivity contribution in [2.45, 2.75) is 13.1 Å². The molecule has 2 aromatic rings. The van der Waals surface area contributed by atoms with E-state index in [0.717, 1.165) is 32.8 Å². The van der Waals surface area contributed by atoms with Gasteiger partial charge < -0.3 is 20.1 Å². The summed E-state index contributed by atoms with van der Waals surface area (Å²) in [5.41, 5.74) is 2.56. The van der Waals surface area contributed by atoms with E-state index >= 15 is 0 Å². The van der Waals surface area contributed by atoms with E-state index in [1.165, 1.54) is 23.3 Å². The first-order valence-electron chi connectivity index (χ1n) is 9.94. The van der Waals surface area contributed by atoms with E-state index in [0.29, 0.717) is 31.4 Å². The van der Waals surface area contributed by atoms with Crippen LogP contribution in [0, 0.1) is 5.82 Å². The standard InChI is InChI=1S/C22H29FN4O2.HI/c1-24-22(25-9-12-29-21-8-4-7-20(23)15-21)26-16-18-5-2-3-6-19(18)17-27-10-13-28-14-11-27;/h2-8,15H,9-14,16-17H2,1H3,(H2,24,25,26);1H. The van der Waals surface area contributed by atoms with Gasteiger partial charge in [-0.3, -0.25) is 9.89 Å². The summed E-state index contributed by atoms with van der Waals surface area (Å²) in [4.78, 5) is 6.67. The zero-order valence-corrected chi connectivity index (χ0v) is 19.6. The second-order valence-corrected chi connectivity index (χ2v) is 6.82. The molecule has 1 heterocycles. The Hall–Kier alpha value is -1.91. The van der Waals surface area contributed by atoms with Crippen LogP contribution in [0.1, 0.15) is 11.1 Å². The topological polar surface area (TPSA) is 58.1 Å². The summed E-state index contributed by atoms with van der Waals surface area (Å²) in [6.07, 6.45) is 0. The maximum absolute atomic E-state index is 13.2. The number of halogens is 2. The maximum atomic E-state index is 13.2. The molecule has 0 atom stereocenters. The smallest absolute Gasteiger partial charge is 0.191 e. The fourth-order valence-electron chi connectivity index (χ4n) is 3.18. The van der Waals surface area contributed by atoms with Crippen molar-refractivity contribution in [2.24, 2.45) is 4.99 Å². The minimum absolute atomic E-state index is 0. The number of aliphatic imine (C=N–C) groups is 1. The number of hydrogen-bond acceptors (Lipinski definition) is 4. The van der Waals surface area contributed by atoms with Crippen molar-refractivity contribution < 1.29 is 13.9 Å². The van der Waals surface area contributed by atoms with Crippen LogP contribution in [0.3, 0.4) is 0 Å². The third-order valence-corrected chi connectivity index (χ3v) is 4.75. The molecule has 0 spiro atoms. The van der Waals surface area contributed by atoms with Crippen LogP contribution in [0.4, 0.5) is 4.39 Å². The number of guanidine groups is 1. The number of nitrogens with zero attached hydrogens (tertiary/aromatic N) is 2. The van der Waals surface area contributed by atoms with Gasteiger partial charge in [-0.15, -0.1) is 24.0 Å². The molecule has 1 aliphatic heterocycles. The van der Waals surface area contributed by atoms with Gasteiger partial charge in [0.1, 0.15) is 18.2 Å². The van der Waals surface area contributed by atoms with Gasteiger partial charge in [0.25, 0.3) is 0 Å². The second-order valence-electron chi connectivity index (χ2n) is 6.82. The zero-order valence-electron chi connectivity index (χ0n) is 17.3. The molecule has 0 aliphatic carbocycles. The molecule has 0 amide bonds. The molecular weight excluding hydrogens is 498 g/mol. The van der Waals surface area contributed by atoms with E-state index in [2.05, 4.69) is 44.8 Å². The Morgan fingerprint density at radius 1 is 1.10 bits per heavy atom. The molecule has 0 radical (unpaired) electrons. The van der Waals surface area contributed by atoms with E-state index in [-0.39, 0.29) is 29.8 Å². The molecule has 30 heavy (non-hydrogen) atoms. The first-order chi connectivity index (χ1) is 14.2. The van der Waals surface area contributed by atoms with Gasteiger partial charge in [0.2, 0.25) is 0 Å². The highest BCUT2D eigenvalue weighted by Gasteiger charge is 2.12. The van der Waals surface area contributed by atoms with Gasteiger partial charge in [0.15, 0.2) is 5.96 Å². The highest BCUT2D eigenvalue weighted by Crippen LogP contribution is 2.13. The Balaban J connectivity index is 0.00000320. The average molecular weight is 528 g/mol. The van der Waals surface area contributed by atoms with Gasteiger partial charge in [0.05, 0.1) is 19.8 Å². The third-order valence-electron chi connectivity index (χ3n) is 4.75. The van der Waals surface area contributed by atoms with Gasteiger partial charge >= 0.3 is 0 Å². The molecule has 164 valence electrons. The summed E-state index contributed by atoms with van der Waals surface area (Å²) < 4.78 is 24.1. The predicted molar refractivity (Wildman–Crippen MR) is 128 cm³/mol. The lowest BCUT2D eigenvalue weighted by molar-refractivity contribution is 0.0341. The van der Waals surface area contributed by atoms with E-state index in [1.807, 2.05) is 0 Å². The van der Waals surface area contributed by atoms with E-state index in [9.17, 15) is 4.39 Å². The third kappa shape index (κ3) is 8.08. The number of nitrogens with one attached hydrogen (secondary N) is 2. The van der Waals surface area contributed by atoms with E-state index in [1.54, 1.807) is 19.2 Å². The number of rotatable bonds is 8. The second kappa shape index (κ2) is 13.4. The van der Waals surface area contributed by atoms with Gasteiger partial charge in [-0.05, 0) is 23.3 Å². The van der Waals surface area contributed by atoms with Crippen LogP contribution >= 0.6 is 24.0 Å². The lowest BCUT2D eigenvalue weighted by atomic mass is 10.1. The molecule has 6 nitrogen and oxygen atoms in total. The van der Waals surface area contributed by atoms with Gasteiger partial charge in [-0.2, -0.15) is 0 Å². The van der Waals surface area contributed by atoms with Crippen molar-refractivity contribution in [3.05, 3.63) is 65.5 Å². The Labute approximate surface area is 194 Å². The first kappa shape index (κ1) is 24.4. The lowest BCUT2D eigenvalue weighted by Gasteiger charge is -2.27. The summed E-state index contributed by atoms with van der Waals surface area (Å²) in [5.74, 6) is 0.921. The molecule has 0 aromatic heterocycles. The van der Waals surface area contributed by atoms with Gasteiger partial charge in [-0.25, -0.2) is 4.39 Å². The fourth-order valence-corrected chi connectivity index (χ4v) is 3.18. The van der Waals surface area contributed by atoms with Crippen LogP contribution in [0.5, 0.6) is 5.75 Å². The van der Waals surface area contributed by atoms with Gasteiger partial charge in [-0.1, -0.05) is 30.3 Å². The summed E-state index contributed by atoms with van der Waals surface area (Å²) >= 11 is 0. The van der Waals surface area contributed by atoms with Crippen molar-refractivity contribution in [3.63, 3.8) is 0 Å². The van der Waals surface area contributed by atoms with Crippen LogP contribution in [0.2, 0.25) is 0 Å². The van der Waals surface area contributed by atoms with Crippen LogP contribution in [0.15, 0.2) is 53.5 Å². The predicted octanol–water partition coefficient (Wildman–Crippen LogP) is 3.02. The van der Waals surface area contributed by atoms with Crippen molar-refractivity contribution >= 4 is 29.9 Å². The molecular formula is C22H30FIN4O2. The SMILES string of the molecule is CN=C(NCCOc1cccc(F)c1)NCc1ccccc1CN1CCOCC1.I. The maximum Gasteiger partial charge on any atom is 0.191 e. The van der Waals surface area contributed by atoms with Crippen LogP contribution < -0.4 is 15.4 Å². The summed E-state index contributed by atoms with van der Waals surface area (Å²) in [6, 6.07) is 14.6. The number of ether oxygens (including phenoxy) is 2. The molecule has 2 N–H and O–H groups in total. The largest absolute Gasteiger partial charge is 0.492 e. The fraction of sp³-hybridized carbons (Fsp3) is 0.409. The summed E-state index contributed by atoms with van der Waals surface area (Å²) in [7, 11) is 1.74. The Bertz CT molecular complexity index is 800. The lowest BCUT2D eigenvalue weighted by Crippen LogP contribution is -2.39. The van der Waals surface area contributed by atoms with E-state index in [4.69, 9.17) is 9.47 Å². The molecule has 1 saturated heterocycles. The molecule has 8 heteroatoms. The molecule has 1 aliphatic rings. The van der Waals surface area contributed by atoms with E-state index < -0.39 is 0 Å². The number of benzene rings is 2. The zero-order chi connectivity index (χ0) is 20.3. The Kier molecular flexibility index (Phi) is 10.9.